The second kappa shape index (κ2) is 5.42. The van der Waals surface area contributed by atoms with Crippen molar-refractivity contribution in [2.75, 3.05) is 6.54 Å². The van der Waals surface area contributed by atoms with E-state index in [1.54, 1.807) is 0 Å². The lowest BCUT2D eigenvalue weighted by Crippen LogP contribution is -2.26. The SMILES string of the molecule is O=S(=O)(NCC1CC1)c1ccc(F)c(CNC2CC2)c1. The molecule has 2 aliphatic carbocycles. The van der Waals surface area contributed by atoms with Crippen LogP contribution in [0.4, 0.5) is 4.39 Å². The van der Waals surface area contributed by atoms with E-state index in [0.29, 0.717) is 30.6 Å². The molecule has 0 unspecified atom stereocenters. The molecule has 20 heavy (non-hydrogen) atoms. The van der Waals surface area contributed by atoms with Gasteiger partial charge in [0, 0.05) is 24.7 Å². The van der Waals surface area contributed by atoms with Gasteiger partial charge in [-0.25, -0.2) is 17.5 Å². The molecule has 0 spiro atoms. The summed E-state index contributed by atoms with van der Waals surface area (Å²) in [5.74, 6) is 0.112. The first-order valence-corrected chi connectivity index (χ1v) is 8.54. The Morgan fingerprint density at radius 1 is 1.20 bits per heavy atom. The Kier molecular flexibility index (Phi) is 3.79. The fourth-order valence-corrected chi connectivity index (χ4v) is 3.19. The van der Waals surface area contributed by atoms with Crippen LogP contribution in [0, 0.1) is 11.7 Å². The van der Waals surface area contributed by atoms with E-state index < -0.39 is 10.0 Å². The van der Waals surface area contributed by atoms with Gasteiger partial charge in [-0.15, -0.1) is 0 Å². The minimum absolute atomic E-state index is 0.146. The third-order valence-electron chi connectivity index (χ3n) is 3.74. The van der Waals surface area contributed by atoms with Gasteiger partial charge in [-0.1, -0.05) is 0 Å². The summed E-state index contributed by atoms with van der Waals surface area (Å²) in [6, 6.07) is 4.45. The van der Waals surface area contributed by atoms with Gasteiger partial charge < -0.3 is 5.32 Å². The Labute approximate surface area is 118 Å². The highest BCUT2D eigenvalue weighted by Crippen LogP contribution is 2.28. The first kappa shape index (κ1) is 14.0. The number of rotatable bonds is 7. The van der Waals surface area contributed by atoms with E-state index >= 15 is 0 Å². The predicted octanol–water partition coefficient (Wildman–Crippen LogP) is 1.77. The summed E-state index contributed by atoms with van der Waals surface area (Å²) in [7, 11) is -3.52. The molecule has 2 N–H and O–H groups in total. The van der Waals surface area contributed by atoms with E-state index in [1.165, 1.54) is 18.2 Å². The highest BCUT2D eigenvalue weighted by atomic mass is 32.2. The van der Waals surface area contributed by atoms with Gasteiger partial charge in [-0.2, -0.15) is 0 Å². The van der Waals surface area contributed by atoms with E-state index in [4.69, 9.17) is 0 Å². The number of hydrogen-bond acceptors (Lipinski definition) is 3. The van der Waals surface area contributed by atoms with Crippen LogP contribution in [-0.4, -0.2) is 21.0 Å². The van der Waals surface area contributed by atoms with Crippen LogP contribution in [0.2, 0.25) is 0 Å². The minimum Gasteiger partial charge on any atom is -0.310 e. The summed E-state index contributed by atoms with van der Waals surface area (Å²) in [5.41, 5.74) is 0.409. The van der Waals surface area contributed by atoms with Crippen LogP contribution >= 0.6 is 0 Å². The van der Waals surface area contributed by atoms with Crippen LogP contribution in [0.15, 0.2) is 23.1 Å². The minimum atomic E-state index is -3.52. The number of nitrogens with one attached hydrogen (secondary N) is 2. The highest BCUT2D eigenvalue weighted by Gasteiger charge is 2.25. The number of benzene rings is 1. The third-order valence-corrected chi connectivity index (χ3v) is 5.17. The van der Waals surface area contributed by atoms with Crippen molar-refractivity contribution in [2.45, 2.75) is 43.2 Å². The summed E-state index contributed by atoms with van der Waals surface area (Å²) in [5, 5.41) is 3.20. The standard InChI is InChI=1S/C14H19FN2O2S/c15-14-6-5-13(7-11(14)9-16-12-3-4-12)20(18,19)17-8-10-1-2-10/h5-7,10,12,16-17H,1-4,8-9H2. The molecule has 0 heterocycles. The van der Waals surface area contributed by atoms with E-state index in [0.717, 1.165) is 25.7 Å². The molecule has 0 aliphatic heterocycles. The van der Waals surface area contributed by atoms with Crippen LogP contribution in [0.25, 0.3) is 0 Å². The Morgan fingerprint density at radius 3 is 2.60 bits per heavy atom. The Bertz CT molecular complexity index is 595. The number of sulfonamides is 1. The largest absolute Gasteiger partial charge is 0.310 e. The summed E-state index contributed by atoms with van der Waals surface area (Å²) >= 11 is 0. The zero-order chi connectivity index (χ0) is 14.2. The van der Waals surface area contributed by atoms with Crippen molar-refractivity contribution in [1.29, 1.82) is 0 Å². The van der Waals surface area contributed by atoms with Gasteiger partial charge in [-0.05, 0) is 49.8 Å². The van der Waals surface area contributed by atoms with Gasteiger partial charge in [0.2, 0.25) is 10.0 Å². The molecule has 4 nitrogen and oxygen atoms in total. The van der Waals surface area contributed by atoms with Gasteiger partial charge >= 0.3 is 0 Å². The third kappa shape index (κ3) is 3.56. The van der Waals surface area contributed by atoms with Crippen LogP contribution < -0.4 is 10.0 Å². The predicted molar refractivity (Wildman–Crippen MR) is 74.2 cm³/mol. The molecule has 0 aromatic heterocycles. The molecule has 3 rings (SSSR count). The lowest BCUT2D eigenvalue weighted by molar-refractivity contribution is 0.571. The van der Waals surface area contributed by atoms with Crippen molar-refractivity contribution < 1.29 is 12.8 Å². The molecule has 1 aromatic carbocycles. The molecule has 0 bridgehead atoms. The first-order valence-electron chi connectivity index (χ1n) is 7.06. The summed E-state index contributed by atoms with van der Waals surface area (Å²) in [4.78, 5) is 0.146. The molecule has 110 valence electrons. The number of halogens is 1. The number of hydrogen-bond donors (Lipinski definition) is 2. The summed E-state index contributed by atoms with van der Waals surface area (Å²) in [6.45, 7) is 0.859. The van der Waals surface area contributed by atoms with Crippen molar-refractivity contribution in [1.82, 2.24) is 10.0 Å². The zero-order valence-corrected chi connectivity index (χ0v) is 12.0. The fourth-order valence-electron chi connectivity index (χ4n) is 2.03. The van der Waals surface area contributed by atoms with Crippen molar-refractivity contribution >= 4 is 10.0 Å². The molecule has 0 atom stereocenters. The van der Waals surface area contributed by atoms with Crippen molar-refractivity contribution in [2.24, 2.45) is 5.92 Å². The molecule has 0 radical (unpaired) electrons. The van der Waals surface area contributed by atoms with Gasteiger partial charge in [0.05, 0.1) is 4.90 Å². The molecule has 2 aliphatic rings. The Balaban J connectivity index is 1.71. The molecule has 2 saturated carbocycles. The Hall–Kier alpha value is -0.980. The van der Waals surface area contributed by atoms with Crippen LogP contribution in [0.1, 0.15) is 31.2 Å². The molecule has 1 aromatic rings. The fraction of sp³-hybridized carbons (Fsp3) is 0.571. The highest BCUT2D eigenvalue weighted by molar-refractivity contribution is 7.89. The average molecular weight is 298 g/mol. The quantitative estimate of drug-likeness (QED) is 0.806. The lowest BCUT2D eigenvalue weighted by atomic mass is 10.2. The second-order valence-electron chi connectivity index (χ2n) is 5.70. The molecular weight excluding hydrogens is 279 g/mol. The molecule has 2 fully saturated rings. The van der Waals surface area contributed by atoms with Crippen LogP contribution in [0.3, 0.4) is 0 Å². The molecule has 6 heteroatoms. The molecular formula is C14H19FN2O2S. The van der Waals surface area contributed by atoms with Crippen LogP contribution in [-0.2, 0) is 16.6 Å². The average Bonchev–Trinajstić information content (AvgIpc) is 3.28. The van der Waals surface area contributed by atoms with Gasteiger partial charge in [-0.3, -0.25) is 0 Å². The first-order chi connectivity index (χ1) is 9.54. The zero-order valence-electron chi connectivity index (χ0n) is 11.2. The van der Waals surface area contributed by atoms with Gasteiger partial charge in [0.25, 0.3) is 0 Å². The molecule has 0 amide bonds. The van der Waals surface area contributed by atoms with E-state index in [9.17, 15) is 12.8 Å². The van der Waals surface area contributed by atoms with Gasteiger partial charge in [0.1, 0.15) is 5.82 Å². The maximum absolute atomic E-state index is 13.7. The van der Waals surface area contributed by atoms with Crippen molar-refractivity contribution in [3.63, 3.8) is 0 Å². The van der Waals surface area contributed by atoms with Crippen molar-refractivity contribution in [3.05, 3.63) is 29.6 Å². The lowest BCUT2D eigenvalue weighted by Gasteiger charge is -2.09. The Morgan fingerprint density at radius 2 is 1.95 bits per heavy atom. The topological polar surface area (TPSA) is 58.2 Å². The van der Waals surface area contributed by atoms with E-state index in [-0.39, 0.29) is 10.7 Å². The van der Waals surface area contributed by atoms with E-state index in [2.05, 4.69) is 10.0 Å². The van der Waals surface area contributed by atoms with E-state index in [1.807, 2.05) is 0 Å². The van der Waals surface area contributed by atoms with Gasteiger partial charge in [0.15, 0.2) is 0 Å². The maximum Gasteiger partial charge on any atom is 0.240 e. The van der Waals surface area contributed by atoms with Crippen LogP contribution in [0.5, 0.6) is 0 Å². The summed E-state index contributed by atoms with van der Waals surface area (Å²) < 4.78 is 40.5. The monoisotopic (exact) mass is 298 g/mol. The normalized spacial score (nSPS) is 19.2. The molecule has 0 saturated heterocycles. The second-order valence-corrected chi connectivity index (χ2v) is 7.47. The van der Waals surface area contributed by atoms with Crippen molar-refractivity contribution in [3.8, 4) is 0 Å². The smallest absolute Gasteiger partial charge is 0.240 e. The summed E-state index contributed by atoms with van der Waals surface area (Å²) in [6.07, 6.45) is 4.40. The maximum atomic E-state index is 13.7.